The third-order valence-electron chi connectivity index (χ3n) is 4.20. The number of carbonyl (C=O) groups is 1. The van der Waals surface area contributed by atoms with Crippen LogP contribution in [0.25, 0.3) is 16.9 Å². The molecule has 0 bridgehead atoms. The molecule has 0 aliphatic heterocycles. The molecule has 4 rings (SSSR count). The van der Waals surface area contributed by atoms with Gasteiger partial charge in [-0.1, -0.05) is 47.7 Å². The molecule has 2 aromatic carbocycles. The van der Waals surface area contributed by atoms with Gasteiger partial charge in [-0.15, -0.1) is 5.10 Å². The molecule has 4 aromatic rings. The van der Waals surface area contributed by atoms with Crippen LogP contribution in [0.5, 0.6) is 0 Å². The predicted octanol–water partition coefficient (Wildman–Crippen LogP) is 3.40. The van der Waals surface area contributed by atoms with Crippen molar-refractivity contribution in [1.82, 2.24) is 25.3 Å². The molecule has 0 unspecified atom stereocenters. The van der Waals surface area contributed by atoms with Crippen molar-refractivity contribution >= 4 is 5.91 Å². The molecule has 1 amide bonds. The normalized spacial score (nSPS) is 10.6. The Morgan fingerprint density at radius 2 is 1.79 bits per heavy atom. The maximum atomic E-state index is 14.3. The van der Waals surface area contributed by atoms with Gasteiger partial charge in [-0.3, -0.25) is 9.78 Å². The Kier molecular flexibility index (Phi) is 4.88. The molecule has 2 heterocycles. The van der Waals surface area contributed by atoms with E-state index in [1.807, 2.05) is 30.3 Å². The number of nitrogens with zero attached hydrogens (tertiary/aromatic N) is 4. The molecule has 138 valence electrons. The maximum Gasteiger partial charge on any atom is 0.274 e. The number of aromatic nitrogens is 4. The van der Waals surface area contributed by atoms with Crippen LogP contribution in [0.2, 0.25) is 0 Å². The van der Waals surface area contributed by atoms with Gasteiger partial charge in [-0.25, -0.2) is 9.07 Å². The lowest BCUT2D eigenvalue weighted by Gasteiger charge is -2.09. The van der Waals surface area contributed by atoms with E-state index in [-0.39, 0.29) is 11.4 Å². The Morgan fingerprint density at radius 3 is 2.54 bits per heavy atom. The van der Waals surface area contributed by atoms with Gasteiger partial charge < -0.3 is 5.32 Å². The average molecular weight is 373 g/mol. The highest BCUT2D eigenvalue weighted by Gasteiger charge is 2.23. The standard InChI is InChI=1S/C21H16FN5O/c22-17-10-4-5-11-18(17)27-20(16-9-6-12-23-14-16)19(25-26-27)21(28)24-13-15-7-2-1-3-8-15/h1-12,14H,13H2,(H,24,28). The van der Waals surface area contributed by atoms with Crippen LogP contribution in [0.15, 0.2) is 79.1 Å². The SMILES string of the molecule is O=C(NCc1ccccc1)c1nnn(-c2ccccc2F)c1-c1cccnc1. The number of carbonyl (C=O) groups excluding carboxylic acids is 1. The Balaban J connectivity index is 1.73. The summed E-state index contributed by atoms with van der Waals surface area (Å²) in [6.07, 6.45) is 3.21. The van der Waals surface area contributed by atoms with Gasteiger partial charge in [0.25, 0.3) is 5.91 Å². The van der Waals surface area contributed by atoms with E-state index in [1.165, 1.54) is 10.7 Å². The van der Waals surface area contributed by atoms with E-state index in [9.17, 15) is 9.18 Å². The Labute approximate surface area is 160 Å². The molecule has 0 aliphatic carbocycles. The topological polar surface area (TPSA) is 72.7 Å². The van der Waals surface area contributed by atoms with Crippen LogP contribution in [0.3, 0.4) is 0 Å². The molecule has 0 radical (unpaired) electrons. The summed E-state index contributed by atoms with van der Waals surface area (Å²) in [6.45, 7) is 0.346. The lowest BCUT2D eigenvalue weighted by molar-refractivity contribution is 0.0946. The van der Waals surface area contributed by atoms with Crippen LogP contribution in [0.1, 0.15) is 16.1 Å². The minimum Gasteiger partial charge on any atom is -0.346 e. The van der Waals surface area contributed by atoms with Gasteiger partial charge in [-0.05, 0) is 29.8 Å². The van der Waals surface area contributed by atoms with Crippen LogP contribution >= 0.6 is 0 Å². The first-order chi connectivity index (χ1) is 13.7. The minimum absolute atomic E-state index is 0.104. The summed E-state index contributed by atoms with van der Waals surface area (Å²) in [7, 11) is 0. The maximum absolute atomic E-state index is 14.3. The van der Waals surface area contributed by atoms with E-state index in [1.54, 1.807) is 42.7 Å². The van der Waals surface area contributed by atoms with Gasteiger partial charge >= 0.3 is 0 Å². The quantitative estimate of drug-likeness (QED) is 0.582. The molecule has 1 N–H and O–H groups in total. The third-order valence-corrected chi connectivity index (χ3v) is 4.20. The second-order valence-electron chi connectivity index (χ2n) is 6.06. The zero-order chi connectivity index (χ0) is 19.3. The van der Waals surface area contributed by atoms with Crippen LogP contribution in [-0.4, -0.2) is 25.9 Å². The number of amides is 1. The highest BCUT2D eigenvalue weighted by molar-refractivity contribution is 5.98. The lowest BCUT2D eigenvalue weighted by atomic mass is 10.1. The zero-order valence-corrected chi connectivity index (χ0v) is 14.8. The highest BCUT2D eigenvalue weighted by Crippen LogP contribution is 2.25. The third kappa shape index (κ3) is 3.50. The molecule has 28 heavy (non-hydrogen) atoms. The minimum atomic E-state index is -0.464. The smallest absolute Gasteiger partial charge is 0.274 e. The first-order valence-corrected chi connectivity index (χ1v) is 8.67. The van der Waals surface area contributed by atoms with Crippen LogP contribution < -0.4 is 5.32 Å². The molecular formula is C21H16FN5O. The van der Waals surface area contributed by atoms with Crippen LogP contribution in [0, 0.1) is 5.82 Å². The van der Waals surface area contributed by atoms with Gasteiger partial charge in [0.05, 0.1) is 0 Å². The van der Waals surface area contributed by atoms with E-state index in [0.717, 1.165) is 5.56 Å². The number of hydrogen-bond donors (Lipinski definition) is 1. The molecule has 0 fully saturated rings. The summed E-state index contributed by atoms with van der Waals surface area (Å²) in [5.41, 5.74) is 2.26. The molecule has 0 saturated carbocycles. The van der Waals surface area contributed by atoms with Gasteiger partial charge in [-0.2, -0.15) is 0 Å². The summed E-state index contributed by atoms with van der Waals surface area (Å²) >= 11 is 0. The average Bonchev–Trinajstić information content (AvgIpc) is 3.19. The first-order valence-electron chi connectivity index (χ1n) is 8.67. The van der Waals surface area contributed by atoms with Gasteiger partial charge in [0.2, 0.25) is 0 Å². The number of hydrogen-bond acceptors (Lipinski definition) is 4. The van der Waals surface area contributed by atoms with Crippen molar-refractivity contribution in [1.29, 1.82) is 0 Å². The second kappa shape index (κ2) is 7.79. The molecular weight excluding hydrogens is 357 g/mol. The summed E-state index contributed by atoms with van der Waals surface area (Å²) in [5, 5.41) is 10.9. The van der Waals surface area contributed by atoms with Crippen LogP contribution in [-0.2, 0) is 6.54 Å². The molecule has 2 aromatic heterocycles. The number of pyridine rings is 1. The van der Waals surface area contributed by atoms with Gasteiger partial charge in [0.15, 0.2) is 5.69 Å². The van der Waals surface area contributed by atoms with Gasteiger partial charge in [0.1, 0.15) is 17.2 Å². The summed E-state index contributed by atoms with van der Waals surface area (Å²) in [6, 6.07) is 19.2. The Hall–Kier alpha value is -3.87. The van der Waals surface area contributed by atoms with Gasteiger partial charge in [0, 0.05) is 24.5 Å². The van der Waals surface area contributed by atoms with Crippen molar-refractivity contribution in [3.8, 4) is 16.9 Å². The summed E-state index contributed by atoms with van der Waals surface area (Å²) < 4.78 is 15.7. The Bertz CT molecular complexity index is 1100. The van der Waals surface area contributed by atoms with Crippen molar-refractivity contribution in [3.63, 3.8) is 0 Å². The second-order valence-corrected chi connectivity index (χ2v) is 6.06. The van der Waals surface area contributed by atoms with E-state index < -0.39 is 11.7 Å². The molecule has 7 heteroatoms. The molecule has 0 saturated heterocycles. The zero-order valence-electron chi connectivity index (χ0n) is 14.8. The number of halogens is 1. The van der Waals surface area contributed by atoms with E-state index in [0.29, 0.717) is 17.8 Å². The largest absolute Gasteiger partial charge is 0.346 e. The lowest BCUT2D eigenvalue weighted by Crippen LogP contribution is -2.24. The molecule has 0 aliphatic rings. The fraction of sp³-hybridized carbons (Fsp3) is 0.0476. The molecule has 0 atom stereocenters. The summed E-state index contributed by atoms with van der Waals surface area (Å²) in [5.74, 6) is -0.862. The highest BCUT2D eigenvalue weighted by atomic mass is 19.1. The van der Waals surface area contributed by atoms with Crippen molar-refractivity contribution in [2.24, 2.45) is 0 Å². The van der Waals surface area contributed by atoms with Crippen molar-refractivity contribution in [2.75, 3.05) is 0 Å². The number of benzene rings is 2. The van der Waals surface area contributed by atoms with Crippen molar-refractivity contribution in [3.05, 3.63) is 96.2 Å². The fourth-order valence-corrected chi connectivity index (χ4v) is 2.85. The number of rotatable bonds is 5. The number of nitrogens with one attached hydrogen (secondary N) is 1. The van der Waals surface area contributed by atoms with E-state index in [4.69, 9.17) is 0 Å². The first kappa shape index (κ1) is 17.5. The van der Waals surface area contributed by atoms with E-state index >= 15 is 0 Å². The fourth-order valence-electron chi connectivity index (χ4n) is 2.85. The van der Waals surface area contributed by atoms with E-state index in [2.05, 4.69) is 20.6 Å². The number of para-hydroxylation sites is 1. The monoisotopic (exact) mass is 373 g/mol. The molecule has 0 spiro atoms. The summed E-state index contributed by atoms with van der Waals surface area (Å²) in [4.78, 5) is 16.9. The van der Waals surface area contributed by atoms with Crippen LogP contribution in [0.4, 0.5) is 4.39 Å². The molecule has 6 nitrogen and oxygen atoms in total. The van der Waals surface area contributed by atoms with Crippen molar-refractivity contribution in [2.45, 2.75) is 6.54 Å². The Morgan fingerprint density at radius 1 is 1.00 bits per heavy atom. The predicted molar refractivity (Wildman–Crippen MR) is 102 cm³/mol. The van der Waals surface area contributed by atoms with Crippen molar-refractivity contribution < 1.29 is 9.18 Å².